The van der Waals surface area contributed by atoms with E-state index in [0.29, 0.717) is 10.7 Å². The zero-order valence-electron chi connectivity index (χ0n) is 7.18. The van der Waals surface area contributed by atoms with Crippen LogP contribution in [0.4, 0.5) is 0 Å². The number of halogens is 1. The van der Waals surface area contributed by atoms with Crippen LogP contribution in [0.2, 0.25) is 5.15 Å². The summed E-state index contributed by atoms with van der Waals surface area (Å²) in [6.45, 7) is 6.12. The molecule has 0 spiro atoms. The molecule has 0 atom stereocenters. The Labute approximate surface area is 81.0 Å². The topological polar surface area (TPSA) is 36.7 Å². The van der Waals surface area contributed by atoms with E-state index in [0.717, 1.165) is 4.88 Å². The lowest BCUT2D eigenvalue weighted by atomic mass is 9.92. The molecule has 1 aromatic rings. The minimum absolute atomic E-state index is 0.0458. The van der Waals surface area contributed by atoms with Crippen molar-refractivity contribution >= 4 is 23.1 Å². The molecule has 0 bridgehead atoms. The van der Waals surface area contributed by atoms with Gasteiger partial charge in [-0.05, 0) is 16.9 Å². The first-order valence-corrected chi connectivity index (χ1v) is 4.67. The fraction of sp³-hybridized carbons (Fsp3) is 0.500. The minimum Gasteiger partial charge on any atom is -0.192 e. The molecule has 0 aromatic carbocycles. The molecule has 0 aliphatic heterocycles. The minimum atomic E-state index is -0.0458. The molecule has 1 aromatic heterocycles. The van der Waals surface area contributed by atoms with E-state index in [1.807, 2.05) is 20.8 Å². The molecule has 1 heterocycles. The van der Waals surface area contributed by atoms with Gasteiger partial charge in [-0.15, -0.1) is 0 Å². The lowest BCUT2D eigenvalue weighted by Gasteiger charge is -2.15. The smallest absolute Gasteiger partial charge is 0.160 e. The summed E-state index contributed by atoms with van der Waals surface area (Å²) in [6.07, 6.45) is 0. The van der Waals surface area contributed by atoms with Crippen molar-refractivity contribution in [3.63, 3.8) is 0 Å². The summed E-state index contributed by atoms with van der Waals surface area (Å²) in [6, 6.07) is 2.07. The van der Waals surface area contributed by atoms with Crippen LogP contribution in [0.3, 0.4) is 0 Å². The maximum atomic E-state index is 8.78. The molecule has 0 aliphatic rings. The predicted octanol–water partition coefficient (Wildman–Crippen LogP) is 2.97. The lowest BCUT2D eigenvalue weighted by molar-refractivity contribution is 0.602. The molecular weight excluding hydrogens is 192 g/mol. The quantitative estimate of drug-likeness (QED) is 0.646. The van der Waals surface area contributed by atoms with Crippen molar-refractivity contribution in [1.29, 1.82) is 5.26 Å². The molecular formula is C8H9ClN2S. The van der Waals surface area contributed by atoms with Crippen LogP contribution in [0.15, 0.2) is 0 Å². The molecule has 4 heteroatoms. The molecule has 1 rings (SSSR count). The highest BCUT2D eigenvalue weighted by Gasteiger charge is 2.23. The second kappa shape index (κ2) is 3.04. The van der Waals surface area contributed by atoms with Crippen LogP contribution >= 0.6 is 23.1 Å². The molecule has 0 fully saturated rings. The highest BCUT2D eigenvalue weighted by atomic mass is 35.5. The van der Waals surface area contributed by atoms with Gasteiger partial charge in [0, 0.05) is 4.88 Å². The van der Waals surface area contributed by atoms with Crippen LogP contribution in [-0.2, 0) is 5.41 Å². The Hall–Kier alpha value is -0.590. The van der Waals surface area contributed by atoms with Gasteiger partial charge in [-0.25, -0.2) is 0 Å². The first-order valence-electron chi connectivity index (χ1n) is 3.52. The van der Waals surface area contributed by atoms with Crippen LogP contribution in [0, 0.1) is 11.3 Å². The molecule has 2 nitrogen and oxygen atoms in total. The number of hydrogen-bond donors (Lipinski definition) is 0. The van der Waals surface area contributed by atoms with Gasteiger partial charge in [0.2, 0.25) is 0 Å². The lowest BCUT2D eigenvalue weighted by Crippen LogP contribution is -2.10. The Morgan fingerprint density at radius 2 is 2.08 bits per heavy atom. The van der Waals surface area contributed by atoms with Crippen molar-refractivity contribution in [1.82, 2.24) is 4.37 Å². The molecule has 64 valence electrons. The predicted molar refractivity (Wildman–Crippen MR) is 50.5 cm³/mol. The Balaban J connectivity index is 3.28. The van der Waals surface area contributed by atoms with Crippen molar-refractivity contribution in [2.24, 2.45) is 0 Å². The summed E-state index contributed by atoms with van der Waals surface area (Å²) in [4.78, 5) is 0.954. The number of hydrogen-bond acceptors (Lipinski definition) is 3. The maximum absolute atomic E-state index is 8.78. The van der Waals surface area contributed by atoms with Gasteiger partial charge in [0.1, 0.15) is 11.6 Å². The van der Waals surface area contributed by atoms with Crippen LogP contribution in [0.25, 0.3) is 0 Å². The van der Waals surface area contributed by atoms with E-state index >= 15 is 0 Å². The molecule has 0 radical (unpaired) electrons. The number of rotatable bonds is 0. The number of nitriles is 1. The summed E-state index contributed by atoms with van der Waals surface area (Å²) >= 11 is 7.03. The van der Waals surface area contributed by atoms with E-state index in [2.05, 4.69) is 10.4 Å². The van der Waals surface area contributed by atoms with Crippen LogP contribution in [0.1, 0.15) is 31.2 Å². The van der Waals surface area contributed by atoms with Crippen LogP contribution in [0.5, 0.6) is 0 Å². The van der Waals surface area contributed by atoms with Crippen molar-refractivity contribution < 1.29 is 0 Å². The van der Waals surface area contributed by atoms with Crippen LogP contribution in [-0.4, -0.2) is 4.37 Å². The van der Waals surface area contributed by atoms with Crippen molar-refractivity contribution in [2.75, 3.05) is 0 Å². The van der Waals surface area contributed by atoms with E-state index in [4.69, 9.17) is 16.9 Å². The summed E-state index contributed by atoms with van der Waals surface area (Å²) in [5.74, 6) is 0. The average molecular weight is 201 g/mol. The van der Waals surface area contributed by atoms with Crippen molar-refractivity contribution in [3.8, 4) is 6.07 Å². The third-order valence-corrected chi connectivity index (χ3v) is 3.09. The first kappa shape index (κ1) is 9.50. The number of aromatic nitrogens is 1. The average Bonchev–Trinajstić information content (AvgIpc) is 2.29. The van der Waals surface area contributed by atoms with Gasteiger partial charge in [0.25, 0.3) is 0 Å². The molecule has 0 amide bonds. The van der Waals surface area contributed by atoms with Crippen molar-refractivity contribution in [3.05, 3.63) is 15.6 Å². The maximum Gasteiger partial charge on any atom is 0.160 e. The van der Waals surface area contributed by atoms with Gasteiger partial charge >= 0.3 is 0 Å². The summed E-state index contributed by atoms with van der Waals surface area (Å²) in [5.41, 5.74) is 0.477. The summed E-state index contributed by atoms with van der Waals surface area (Å²) in [7, 11) is 0. The fourth-order valence-corrected chi connectivity index (χ4v) is 1.95. The summed E-state index contributed by atoms with van der Waals surface area (Å²) < 4.78 is 3.94. The SMILES string of the molecule is CC(C)(C)c1snc(Cl)c1C#N. The van der Waals surface area contributed by atoms with E-state index in [9.17, 15) is 0 Å². The van der Waals surface area contributed by atoms with E-state index in [1.54, 1.807) is 0 Å². The third kappa shape index (κ3) is 1.60. The third-order valence-electron chi connectivity index (χ3n) is 1.44. The first-order chi connectivity index (χ1) is 5.46. The van der Waals surface area contributed by atoms with E-state index in [1.165, 1.54) is 11.5 Å². The van der Waals surface area contributed by atoms with E-state index < -0.39 is 0 Å². The Kier molecular flexibility index (Phi) is 2.41. The Bertz CT molecular complexity index is 330. The highest BCUT2D eigenvalue weighted by molar-refractivity contribution is 7.06. The highest BCUT2D eigenvalue weighted by Crippen LogP contribution is 2.32. The van der Waals surface area contributed by atoms with Gasteiger partial charge in [-0.1, -0.05) is 32.4 Å². The van der Waals surface area contributed by atoms with Gasteiger partial charge in [-0.3, -0.25) is 0 Å². The van der Waals surface area contributed by atoms with Gasteiger partial charge < -0.3 is 0 Å². The Morgan fingerprint density at radius 3 is 2.42 bits per heavy atom. The molecule has 0 saturated carbocycles. The largest absolute Gasteiger partial charge is 0.192 e. The molecule has 0 saturated heterocycles. The van der Waals surface area contributed by atoms with Crippen LogP contribution < -0.4 is 0 Å². The van der Waals surface area contributed by atoms with Gasteiger partial charge in [0.05, 0.1) is 0 Å². The van der Waals surface area contributed by atoms with Crippen molar-refractivity contribution in [2.45, 2.75) is 26.2 Å². The summed E-state index contributed by atoms with van der Waals surface area (Å²) in [5, 5.41) is 9.11. The monoisotopic (exact) mass is 200 g/mol. The fourth-order valence-electron chi connectivity index (χ4n) is 0.880. The molecule has 0 aliphatic carbocycles. The second-order valence-electron chi connectivity index (χ2n) is 3.54. The second-order valence-corrected chi connectivity index (χ2v) is 4.67. The van der Waals surface area contributed by atoms with Gasteiger partial charge in [0.15, 0.2) is 5.15 Å². The molecule has 0 unspecified atom stereocenters. The normalized spacial score (nSPS) is 11.2. The standard InChI is InChI=1S/C8H9ClN2S/c1-8(2,3)6-5(4-10)7(9)11-12-6/h1-3H3. The Morgan fingerprint density at radius 1 is 1.50 bits per heavy atom. The molecule has 12 heavy (non-hydrogen) atoms. The van der Waals surface area contributed by atoms with E-state index in [-0.39, 0.29) is 5.41 Å². The molecule has 0 N–H and O–H groups in total. The zero-order chi connectivity index (χ0) is 9.35. The number of nitrogens with zero attached hydrogens (tertiary/aromatic N) is 2. The van der Waals surface area contributed by atoms with Gasteiger partial charge in [-0.2, -0.15) is 9.64 Å². The zero-order valence-corrected chi connectivity index (χ0v) is 8.75.